The number of rotatable bonds is 9. The fourth-order valence-electron chi connectivity index (χ4n) is 3.42. The van der Waals surface area contributed by atoms with E-state index in [1.807, 2.05) is 60.7 Å². The van der Waals surface area contributed by atoms with Crippen LogP contribution in [0.3, 0.4) is 0 Å². The zero-order chi connectivity index (χ0) is 24.0. The Balaban J connectivity index is 1.75. The van der Waals surface area contributed by atoms with Crippen molar-refractivity contribution >= 4 is 34.5 Å². The van der Waals surface area contributed by atoms with Crippen LogP contribution in [0.2, 0.25) is 5.02 Å². The first kappa shape index (κ1) is 24.8. The number of anilines is 1. The average molecular weight is 487 g/mol. The van der Waals surface area contributed by atoms with Crippen molar-refractivity contribution in [2.75, 3.05) is 11.4 Å². The van der Waals surface area contributed by atoms with Crippen LogP contribution >= 0.6 is 11.6 Å². The second kappa shape index (κ2) is 11.3. The summed E-state index contributed by atoms with van der Waals surface area (Å²) in [5, 5.41) is 0.661. The van der Waals surface area contributed by atoms with Crippen LogP contribution in [0.4, 0.5) is 5.69 Å². The van der Waals surface area contributed by atoms with Gasteiger partial charge in [-0.25, -0.2) is 4.79 Å². The highest BCUT2D eigenvalue weighted by Gasteiger charge is 2.31. The Morgan fingerprint density at radius 3 is 2.09 bits per heavy atom. The van der Waals surface area contributed by atoms with Crippen molar-refractivity contribution in [3.05, 3.63) is 83.4 Å². The van der Waals surface area contributed by atoms with Crippen LogP contribution in [0.15, 0.2) is 72.8 Å². The summed E-state index contributed by atoms with van der Waals surface area (Å²) < 4.78 is 35.6. The molecule has 174 valence electrons. The molecule has 3 aromatic carbocycles. The predicted octanol–water partition coefficient (Wildman–Crippen LogP) is 5.38. The molecule has 3 aromatic rings. The molecule has 2 atom stereocenters. The third-order valence-corrected chi connectivity index (χ3v) is 6.28. The van der Waals surface area contributed by atoms with E-state index >= 15 is 0 Å². The van der Waals surface area contributed by atoms with E-state index in [-0.39, 0.29) is 5.92 Å². The predicted molar refractivity (Wildman–Crippen MR) is 130 cm³/mol. The Morgan fingerprint density at radius 2 is 1.58 bits per heavy atom. The molecule has 0 saturated carbocycles. The average Bonchev–Trinajstić information content (AvgIpc) is 2.81. The minimum absolute atomic E-state index is 0.270. The number of nitrogens with zero attached hydrogens (tertiary/aromatic N) is 1. The number of halogens is 1. The van der Waals surface area contributed by atoms with Gasteiger partial charge in [0.2, 0.25) is 0 Å². The van der Waals surface area contributed by atoms with E-state index < -0.39 is 23.3 Å². The van der Waals surface area contributed by atoms with E-state index in [2.05, 4.69) is 0 Å². The van der Waals surface area contributed by atoms with Crippen molar-refractivity contribution in [3.63, 3.8) is 0 Å². The summed E-state index contributed by atoms with van der Waals surface area (Å²) in [5.41, 5.74) is 3.13. The first-order valence-corrected chi connectivity index (χ1v) is 11.8. The first-order chi connectivity index (χ1) is 15.8. The van der Waals surface area contributed by atoms with E-state index in [1.54, 1.807) is 26.0 Å². The van der Waals surface area contributed by atoms with Gasteiger partial charge in [-0.05, 0) is 47.4 Å². The maximum Gasteiger partial charge on any atom is 0.329 e. The van der Waals surface area contributed by atoms with E-state index in [4.69, 9.17) is 21.1 Å². The van der Waals surface area contributed by atoms with Crippen molar-refractivity contribution in [3.8, 4) is 16.9 Å². The van der Waals surface area contributed by atoms with Crippen molar-refractivity contribution in [2.45, 2.75) is 26.5 Å². The molecule has 2 unspecified atom stereocenters. The highest BCUT2D eigenvalue weighted by atomic mass is 35.5. The molecular weight excluding hydrogens is 462 g/mol. The van der Waals surface area contributed by atoms with Crippen molar-refractivity contribution in [1.82, 2.24) is 0 Å². The maximum absolute atomic E-state index is 12.2. The number of carbonyl (C=O) groups is 1. The lowest BCUT2D eigenvalue weighted by atomic mass is 10.0. The molecule has 3 rings (SSSR count). The Hall–Kier alpha value is -2.87. The fraction of sp³-hybridized carbons (Fsp3) is 0.240. The Labute approximate surface area is 201 Å². The van der Waals surface area contributed by atoms with E-state index in [9.17, 15) is 13.6 Å². The lowest BCUT2D eigenvalue weighted by Gasteiger charge is -2.35. The second-order valence-corrected chi connectivity index (χ2v) is 8.94. The molecule has 0 N–H and O–H groups in total. The third-order valence-electron chi connectivity index (χ3n) is 5.15. The van der Waals surface area contributed by atoms with Gasteiger partial charge in [-0.1, -0.05) is 67.9 Å². The molecule has 0 spiro atoms. The third kappa shape index (κ3) is 6.13. The van der Waals surface area contributed by atoms with E-state index in [0.717, 1.165) is 21.0 Å². The molecule has 0 radical (unpaired) electrons. The van der Waals surface area contributed by atoms with Crippen LogP contribution < -0.4 is 9.04 Å². The van der Waals surface area contributed by atoms with Gasteiger partial charge in [0.05, 0.1) is 7.11 Å². The minimum Gasteiger partial charge on any atom is -0.755 e. The van der Waals surface area contributed by atoms with Crippen molar-refractivity contribution in [1.29, 1.82) is 0 Å². The zero-order valence-corrected chi connectivity index (χ0v) is 20.1. The maximum atomic E-state index is 12.2. The molecule has 0 aliphatic rings. The number of ether oxygens (including phenoxy) is 2. The van der Waals surface area contributed by atoms with Crippen LogP contribution in [0, 0.1) is 5.92 Å². The number of benzene rings is 3. The summed E-state index contributed by atoms with van der Waals surface area (Å²) in [6.07, 6.45) is 0. The molecule has 0 aliphatic heterocycles. The lowest BCUT2D eigenvalue weighted by molar-refractivity contribution is -0.142. The monoisotopic (exact) mass is 486 g/mol. The van der Waals surface area contributed by atoms with Crippen molar-refractivity contribution in [2.24, 2.45) is 5.92 Å². The standard InChI is InChI=1S/C25H26ClNO5S/c1-17(2)24(25(28)31-3)27(33(29)30)21-12-8-18(9-13-21)19-10-14-22(15-11-19)32-16-20-6-4-5-7-23(20)26/h4-15,17,24H,16H2,1-3H3,(H,29,30)/p-1. The smallest absolute Gasteiger partial charge is 0.329 e. The van der Waals surface area contributed by atoms with Gasteiger partial charge in [0.1, 0.15) is 18.4 Å². The quantitative estimate of drug-likeness (QED) is 0.299. The number of hydrogen-bond acceptors (Lipinski definition) is 5. The molecule has 0 aromatic heterocycles. The van der Waals surface area contributed by atoms with Crippen LogP contribution in [0.25, 0.3) is 11.1 Å². The summed E-state index contributed by atoms with van der Waals surface area (Å²) >= 11 is 3.52. The minimum atomic E-state index is -2.64. The topological polar surface area (TPSA) is 78.9 Å². The van der Waals surface area contributed by atoms with Crippen LogP contribution in [0.5, 0.6) is 5.75 Å². The Bertz CT molecular complexity index is 1100. The summed E-state index contributed by atoms with van der Waals surface area (Å²) in [6, 6.07) is 21.1. The number of methoxy groups -OCH3 is 1. The largest absolute Gasteiger partial charge is 0.755 e. The van der Waals surface area contributed by atoms with Crippen LogP contribution in [-0.2, 0) is 27.4 Å². The van der Waals surface area contributed by atoms with Crippen LogP contribution in [0.1, 0.15) is 19.4 Å². The Morgan fingerprint density at radius 1 is 1.00 bits per heavy atom. The molecule has 0 saturated heterocycles. The highest BCUT2D eigenvalue weighted by Crippen LogP contribution is 2.29. The van der Waals surface area contributed by atoms with Gasteiger partial charge in [0.25, 0.3) is 0 Å². The van der Waals surface area contributed by atoms with Gasteiger partial charge in [-0.2, -0.15) is 0 Å². The van der Waals surface area contributed by atoms with Gasteiger partial charge in [-0.15, -0.1) is 0 Å². The molecule has 6 nitrogen and oxygen atoms in total. The van der Waals surface area contributed by atoms with Crippen LogP contribution in [-0.4, -0.2) is 27.9 Å². The van der Waals surface area contributed by atoms with Gasteiger partial charge in [0.15, 0.2) is 0 Å². The number of carbonyl (C=O) groups excluding carboxylic acids is 1. The molecule has 0 fully saturated rings. The van der Waals surface area contributed by atoms with E-state index in [1.165, 1.54) is 7.11 Å². The molecule has 0 heterocycles. The van der Waals surface area contributed by atoms with E-state index in [0.29, 0.717) is 23.1 Å². The SMILES string of the molecule is COC(=O)C(C(C)C)N(c1ccc(-c2ccc(OCc3ccccc3Cl)cc2)cc1)S(=O)[O-]. The fourth-order valence-corrected chi connectivity index (χ4v) is 4.42. The summed E-state index contributed by atoms with van der Waals surface area (Å²) in [4.78, 5) is 12.2. The molecule has 0 bridgehead atoms. The number of hydrogen-bond donors (Lipinski definition) is 0. The van der Waals surface area contributed by atoms with Gasteiger partial charge in [-0.3, -0.25) is 8.51 Å². The molecule has 8 heteroatoms. The first-order valence-electron chi connectivity index (χ1n) is 10.3. The normalized spacial score (nSPS) is 12.8. The molecule has 0 aliphatic carbocycles. The number of esters is 1. The second-order valence-electron chi connectivity index (χ2n) is 7.71. The lowest BCUT2D eigenvalue weighted by Crippen LogP contribution is -2.46. The Kier molecular flexibility index (Phi) is 8.49. The highest BCUT2D eigenvalue weighted by molar-refractivity contribution is 7.80. The zero-order valence-electron chi connectivity index (χ0n) is 18.6. The molecule has 0 amide bonds. The van der Waals surface area contributed by atoms with Gasteiger partial charge >= 0.3 is 5.97 Å². The van der Waals surface area contributed by atoms with Crippen molar-refractivity contribution < 1.29 is 23.0 Å². The summed E-state index contributed by atoms with van der Waals surface area (Å²) in [5.74, 6) is -0.167. The molecule has 33 heavy (non-hydrogen) atoms. The molecular formula is C25H25ClNO5S-. The summed E-state index contributed by atoms with van der Waals surface area (Å²) in [7, 11) is 1.24. The summed E-state index contributed by atoms with van der Waals surface area (Å²) in [6.45, 7) is 3.91. The van der Waals surface area contributed by atoms with Gasteiger partial charge in [0, 0.05) is 27.5 Å². The van der Waals surface area contributed by atoms with Gasteiger partial charge < -0.3 is 14.0 Å².